The summed E-state index contributed by atoms with van der Waals surface area (Å²) < 4.78 is 0. The normalized spacial score (nSPS) is 7.27. The highest BCUT2D eigenvalue weighted by Gasteiger charge is 1.99. The molecule has 4 nitrogen and oxygen atoms in total. The molecule has 0 aromatic rings. The molecule has 0 aliphatic rings. The van der Waals surface area contributed by atoms with Crippen LogP contribution in [0.15, 0.2) is 0 Å². The summed E-state index contributed by atoms with van der Waals surface area (Å²) in [6.07, 6.45) is 0.0866. The predicted octanol–water partition coefficient (Wildman–Crippen LogP) is 1.56. The molecule has 0 spiro atoms. The van der Waals surface area contributed by atoms with Gasteiger partial charge in [0, 0.05) is 12.8 Å². The molecule has 0 amide bonds. The number of rotatable bonds is 4. The van der Waals surface area contributed by atoms with Crippen LogP contribution in [-0.4, -0.2) is 22.2 Å². The van der Waals surface area contributed by atoms with Crippen LogP contribution in [0.3, 0.4) is 0 Å². The molecule has 11 heavy (non-hydrogen) atoms. The van der Waals surface area contributed by atoms with Crippen molar-refractivity contribution < 1.29 is 19.8 Å². The SMILES string of the molecule is I.I.O=C(O)CCCC(=O)O. The second-order valence-corrected chi connectivity index (χ2v) is 1.64. The van der Waals surface area contributed by atoms with Gasteiger partial charge in [-0.2, -0.15) is 0 Å². The van der Waals surface area contributed by atoms with Crippen molar-refractivity contribution in [2.45, 2.75) is 19.3 Å². The van der Waals surface area contributed by atoms with E-state index in [2.05, 4.69) is 0 Å². The molecule has 0 bridgehead atoms. The van der Waals surface area contributed by atoms with Crippen LogP contribution < -0.4 is 0 Å². The molecule has 0 atom stereocenters. The van der Waals surface area contributed by atoms with Crippen molar-refractivity contribution in [1.29, 1.82) is 0 Å². The fourth-order valence-corrected chi connectivity index (χ4v) is 0.391. The first kappa shape index (κ1) is 17.5. The second kappa shape index (κ2) is 10.4. The zero-order valence-electron chi connectivity index (χ0n) is 5.65. The van der Waals surface area contributed by atoms with E-state index in [1.165, 1.54) is 0 Å². The molecule has 0 rings (SSSR count). The molecular weight excluding hydrogens is 378 g/mol. The molecule has 0 aliphatic carbocycles. The number of carboxylic acids is 2. The highest BCUT2D eigenvalue weighted by molar-refractivity contribution is 14.0. The largest absolute Gasteiger partial charge is 0.481 e. The first-order valence-corrected chi connectivity index (χ1v) is 2.56. The summed E-state index contributed by atoms with van der Waals surface area (Å²) in [6.45, 7) is 0. The van der Waals surface area contributed by atoms with Crippen molar-refractivity contribution >= 4 is 59.9 Å². The minimum Gasteiger partial charge on any atom is -0.481 e. The molecule has 0 aromatic carbocycles. The van der Waals surface area contributed by atoms with Gasteiger partial charge in [-0.15, -0.1) is 48.0 Å². The van der Waals surface area contributed by atoms with Crippen LogP contribution >= 0.6 is 48.0 Å². The Morgan fingerprint density at radius 3 is 1.36 bits per heavy atom. The lowest BCUT2D eigenvalue weighted by molar-refractivity contribution is -0.138. The third kappa shape index (κ3) is 17.9. The third-order valence-corrected chi connectivity index (χ3v) is 0.781. The average molecular weight is 388 g/mol. The van der Waals surface area contributed by atoms with Crippen molar-refractivity contribution in [2.75, 3.05) is 0 Å². The lowest BCUT2D eigenvalue weighted by atomic mass is 10.2. The van der Waals surface area contributed by atoms with E-state index in [-0.39, 0.29) is 67.2 Å². The van der Waals surface area contributed by atoms with Crippen LogP contribution in [0.25, 0.3) is 0 Å². The van der Waals surface area contributed by atoms with Gasteiger partial charge < -0.3 is 10.2 Å². The summed E-state index contributed by atoms with van der Waals surface area (Å²) in [7, 11) is 0. The molecule has 6 heteroatoms. The Hall–Kier alpha value is 0.400. The lowest BCUT2D eigenvalue weighted by Crippen LogP contribution is -1.98. The zero-order valence-corrected chi connectivity index (χ0v) is 10.3. The summed E-state index contributed by atoms with van der Waals surface area (Å²) in [6, 6.07) is 0. The van der Waals surface area contributed by atoms with Crippen molar-refractivity contribution in [2.24, 2.45) is 0 Å². The van der Waals surface area contributed by atoms with Crippen LogP contribution in [0, 0.1) is 0 Å². The molecule has 0 saturated carbocycles. The zero-order chi connectivity index (χ0) is 7.28. The quantitative estimate of drug-likeness (QED) is 0.718. The van der Waals surface area contributed by atoms with Crippen LogP contribution in [0.5, 0.6) is 0 Å². The summed E-state index contributed by atoms with van der Waals surface area (Å²) in [5.41, 5.74) is 0. The van der Waals surface area contributed by atoms with Gasteiger partial charge in [-0.1, -0.05) is 0 Å². The Labute approximate surface area is 98.4 Å². The van der Waals surface area contributed by atoms with E-state index in [0.29, 0.717) is 0 Å². The Morgan fingerprint density at radius 1 is 0.909 bits per heavy atom. The molecule has 0 unspecified atom stereocenters. The summed E-state index contributed by atoms with van der Waals surface area (Å²) in [5.74, 6) is -1.90. The van der Waals surface area contributed by atoms with Crippen LogP contribution in [-0.2, 0) is 9.59 Å². The van der Waals surface area contributed by atoms with Crippen LogP contribution in [0.4, 0.5) is 0 Å². The lowest BCUT2D eigenvalue weighted by Gasteiger charge is -1.89. The minimum atomic E-state index is -0.948. The Kier molecular flexibility index (Phi) is 16.5. The smallest absolute Gasteiger partial charge is 0.303 e. The first-order valence-electron chi connectivity index (χ1n) is 2.56. The number of aliphatic carboxylic acids is 2. The van der Waals surface area contributed by atoms with Gasteiger partial charge in [-0.05, 0) is 6.42 Å². The Bertz CT molecular complexity index is 112. The van der Waals surface area contributed by atoms with Gasteiger partial charge in [0.1, 0.15) is 0 Å². The maximum atomic E-state index is 9.79. The van der Waals surface area contributed by atoms with Gasteiger partial charge in [0.05, 0.1) is 0 Å². The van der Waals surface area contributed by atoms with Gasteiger partial charge in [0.2, 0.25) is 0 Å². The van der Waals surface area contributed by atoms with Crippen LogP contribution in [0.2, 0.25) is 0 Å². The van der Waals surface area contributed by atoms with Gasteiger partial charge in [-0.25, -0.2) is 0 Å². The predicted molar refractivity (Wildman–Crippen MR) is 60.0 cm³/mol. The average Bonchev–Trinajstić information content (AvgIpc) is 1.63. The van der Waals surface area contributed by atoms with E-state index >= 15 is 0 Å². The van der Waals surface area contributed by atoms with E-state index in [0.717, 1.165) is 0 Å². The standard InChI is InChI=1S/C5H8O4.2HI/c6-4(7)2-1-3-5(8)9;;/h1-3H2,(H,6,7)(H,8,9);2*1H. The minimum absolute atomic E-state index is 0. The van der Waals surface area contributed by atoms with E-state index in [1.54, 1.807) is 0 Å². The highest BCUT2D eigenvalue weighted by atomic mass is 127. The van der Waals surface area contributed by atoms with Gasteiger partial charge >= 0.3 is 11.9 Å². The van der Waals surface area contributed by atoms with E-state index < -0.39 is 11.9 Å². The monoisotopic (exact) mass is 388 g/mol. The molecular formula is C5H10I2O4. The molecule has 0 saturated heterocycles. The Balaban J connectivity index is -0.000000320. The molecule has 0 fully saturated rings. The first-order chi connectivity index (χ1) is 4.13. The maximum absolute atomic E-state index is 9.79. The highest BCUT2D eigenvalue weighted by Crippen LogP contribution is 1.93. The fourth-order valence-electron chi connectivity index (χ4n) is 0.391. The van der Waals surface area contributed by atoms with Crippen molar-refractivity contribution in [3.05, 3.63) is 0 Å². The van der Waals surface area contributed by atoms with Gasteiger partial charge in [0.25, 0.3) is 0 Å². The van der Waals surface area contributed by atoms with E-state index in [4.69, 9.17) is 10.2 Å². The third-order valence-electron chi connectivity index (χ3n) is 0.781. The topological polar surface area (TPSA) is 74.6 Å². The van der Waals surface area contributed by atoms with Crippen molar-refractivity contribution in [1.82, 2.24) is 0 Å². The number of carbonyl (C=O) groups is 2. The summed E-state index contributed by atoms with van der Waals surface area (Å²) >= 11 is 0. The van der Waals surface area contributed by atoms with Gasteiger partial charge in [-0.3, -0.25) is 9.59 Å². The maximum Gasteiger partial charge on any atom is 0.303 e. The molecule has 2 N–H and O–H groups in total. The molecule has 0 heterocycles. The van der Waals surface area contributed by atoms with E-state index in [1.807, 2.05) is 0 Å². The van der Waals surface area contributed by atoms with E-state index in [9.17, 15) is 9.59 Å². The molecule has 0 aromatic heterocycles. The fraction of sp³-hybridized carbons (Fsp3) is 0.600. The molecule has 0 radical (unpaired) electrons. The second-order valence-electron chi connectivity index (χ2n) is 1.64. The number of hydrogen-bond donors (Lipinski definition) is 2. The van der Waals surface area contributed by atoms with Crippen molar-refractivity contribution in [3.63, 3.8) is 0 Å². The number of hydrogen-bond acceptors (Lipinski definition) is 2. The summed E-state index contributed by atoms with van der Waals surface area (Å²) in [5, 5.41) is 16.1. The summed E-state index contributed by atoms with van der Waals surface area (Å²) in [4.78, 5) is 19.6. The number of halogens is 2. The molecule has 0 aliphatic heterocycles. The van der Waals surface area contributed by atoms with Gasteiger partial charge in [0.15, 0.2) is 0 Å². The number of carboxylic acid groups (broad SMARTS) is 2. The van der Waals surface area contributed by atoms with Crippen molar-refractivity contribution in [3.8, 4) is 0 Å². The molecule has 68 valence electrons. The van der Waals surface area contributed by atoms with Crippen LogP contribution in [0.1, 0.15) is 19.3 Å². The Morgan fingerprint density at radius 2 is 1.18 bits per heavy atom.